The normalized spacial score (nSPS) is 13.8. The summed E-state index contributed by atoms with van der Waals surface area (Å²) in [6.07, 6.45) is 2.55. The van der Waals surface area contributed by atoms with E-state index in [1.807, 2.05) is 32.2 Å². The molecule has 2 aromatic carbocycles. The van der Waals surface area contributed by atoms with Gasteiger partial charge in [0.25, 0.3) is 0 Å². The van der Waals surface area contributed by atoms with Crippen LogP contribution in [0.1, 0.15) is 24.0 Å². The highest BCUT2D eigenvalue weighted by Gasteiger charge is 2.17. The Bertz CT molecular complexity index is 756. The number of hydrogen-bond donors (Lipinski definition) is 1. The Hall–Kier alpha value is -1.78. The Labute approximate surface area is 160 Å². The van der Waals surface area contributed by atoms with Crippen LogP contribution in [0.15, 0.2) is 42.5 Å². The third-order valence-corrected chi connectivity index (χ3v) is 5.53. The molecule has 0 bridgehead atoms. The first-order valence-corrected chi connectivity index (χ1v) is 9.45. The Morgan fingerprint density at radius 2 is 1.88 bits per heavy atom. The summed E-state index contributed by atoms with van der Waals surface area (Å²) < 4.78 is 0. The summed E-state index contributed by atoms with van der Waals surface area (Å²) in [6, 6.07) is 14.4. The van der Waals surface area contributed by atoms with E-state index in [0.717, 1.165) is 35.9 Å². The van der Waals surface area contributed by atoms with E-state index in [2.05, 4.69) is 39.4 Å². The third-order valence-electron chi connectivity index (χ3n) is 4.70. The summed E-state index contributed by atoms with van der Waals surface area (Å²) in [6.45, 7) is 5.06. The number of nitrogens with one attached hydrogen (secondary N) is 1. The van der Waals surface area contributed by atoms with Crippen LogP contribution >= 0.6 is 23.8 Å². The average Bonchev–Trinajstić information content (AvgIpc) is 3.14. The molecule has 25 heavy (non-hydrogen) atoms. The van der Waals surface area contributed by atoms with Gasteiger partial charge in [0, 0.05) is 43.1 Å². The van der Waals surface area contributed by atoms with Gasteiger partial charge in [0.15, 0.2) is 5.11 Å². The van der Waals surface area contributed by atoms with Crippen LogP contribution in [0.5, 0.6) is 0 Å². The fraction of sp³-hybridized carbons (Fsp3) is 0.350. The van der Waals surface area contributed by atoms with Crippen molar-refractivity contribution in [3.05, 3.63) is 58.6 Å². The van der Waals surface area contributed by atoms with Gasteiger partial charge >= 0.3 is 0 Å². The smallest absolute Gasteiger partial charge is 0.173 e. The monoisotopic (exact) mass is 373 g/mol. The highest BCUT2D eigenvalue weighted by molar-refractivity contribution is 7.80. The van der Waals surface area contributed by atoms with E-state index in [1.54, 1.807) is 0 Å². The zero-order valence-electron chi connectivity index (χ0n) is 14.8. The van der Waals surface area contributed by atoms with Crippen molar-refractivity contribution in [2.75, 3.05) is 30.4 Å². The van der Waals surface area contributed by atoms with E-state index in [1.165, 1.54) is 24.1 Å². The van der Waals surface area contributed by atoms with Gasteiger partial charge in [-0.15, -0.1) is 0 Å². The molecule has 0 atom stereocenters. The fourth-order valence-electron chi connectivity index (χ4n) is 3.19. The topological polar surface area (TPSA) is 18.5 Å². The number of anilines is 2. The highest BCUT2D eigenvalue weighted by Crippen LogP contribution is 2.26. The van der Waals surface area contributed by atoms with Crippen LogP contribution in [0.2, 0.25) is 5.02 Å². The molecule has 1 aliphatic heterocycles. The first-order valence-electron chi connectivity index (χ1n) is 8.66. The molecule has 5 heteroatoms. The van der Waals surface area contributed by atoms with Gasteiger partial charge in [0.1, 0.15) is 0 Å². The largest absolute Gasteiger partial charge is 0.371 e. The lowest BCUT2D eigenvalue weighted by Gasteiger charge is -2.26. The molecule has 1 aliphatic rings. The maximum atomic E-state index is 6.20. The molecule has 0 spiro atoms. The molecule has 0 amide bonds. The Morgan fingerprint density at radius 3 is 2.64 bits per heavy atom. The molecule has 0 aromatic heterocycles. The number of nitrogens with zero attached hydrogens (tertiary/aromatic N) is 2. The molecule has 1 fully saturated rings. The van der Waals surface area contributed by atoms with Crippen LogP contribution in [0.25, 0.3) is 0 Å². The molecule has 3 nitrogen and oxygen atoms in total. The van der Waals surface area contributed by atoms with Crippen molar-refractivity contribution in [1.29, 1.82) is 0 Å². The molecule has 1 saturated heterocycles. The molecule has 1 N–H and O–H groups in total. The van der Waals surface area contributed by atoms with Gasteiger partial charge in [0.2, 0.25) is 0 Å². The first kappa shape index (κ1) is 18.0. The zero-order chi connectivity index (χ0) is 17.8. The minimum Gasteiger partial charge on any atom is -0.371 e. The number of rotatable bonds is 4. The summed E-state index contributed by atoms with van der Waals surface area (Å²) in [5.74, 6) is 0. The predicted octanol–water partition coefficient (Wildman–Crippen LogP) is 5.08. The molecule has 1 heterocycles. The van der Waals surface area contributed by atoms with Gasteiger partial charge in [-0.2, -0.15) is 0 Å². The lowest BCUT2D eigenvalue weighted by molar-refractivity contribution is 0.508. The van der Waals surface area contributed by atoms with Crippen LogP contribution in [0, 0.1) is 6.92 Å². The second-order valence-corrected chi connectivity index (χ2v) is 7.32. The standard InChI is InChI=1S/C20H24ClN3S/c1-15-17(21)9-7-10-18(15)22-20(25)23(2)14-16-8-3-4-11-19(16)24-12-5-6-13-24/h3-4,7-11H,5-6,12-14H2,1-2H3,(H,22,25). The average molecular weight is 374 g/mol. The van der Waals surface area contributed by atoms with Crippen LogP contribution in [-0.2, 0) is 6.54 Å². The number of benzene rings is 2. The SMILES string of the molecule is Cc1c(Cl)cccc1NC(=S)N(C)Cc1ccccc1N1CCCC1. The van der Waals surface area contributed by atoms with Gasteiger partial charge in [-0.05, 0) is 61.3 Å². The molecule has 0 saturated carbocycles. The summed E-state index contributed by atoms with van der Waals surface area (Å²) >= 11 is 11.8. The quantitative estimate of drug-likeness (QED) is 0.753. The molecule has 0 radical (unpaired) electrons. The minimum absolute atomic E-state index is 0.696. The Kier molecular flexibility index (Phi) is 5.82. The molecule has 132 valence electrons. The predicted molar refractivity (Wildman–Crippen MR) is 112 cm³/mol. The lowest BCUT2D eigenvalue weighted by Crippen LogP contribution is -2.31. The summed E-state index contributed by atoms with van der Waals surface area (Å²) in [5.41, 5.74) is 4.60. The van der Waals surface area contributed by atoms with Gasteiger partial charge in [-0.1, -0.05) is 35.9 Å². The van der Waals surface area contributed by atoms with E-state index >= 15 is 0 Å². The van der Waals surface area contributed by atoms with Crippen molar-refractivity contribution < 1.29 is 0 Å². The van der Waals surface area contributed by atoms with E-state index in [9.17, 15) is 0 Å². The number of hydrogen-bond acceptors (Lipinski definition) is 2. The summed E-state index contributed by atoms with van der Waals surface area (Å²) in [5, 5.41) is 4.76. The van der Waals surface area contributed by atoms with Crippen molar-refractivity contribution >= 4 is 40.3 Å². The molecule has 0 unspecified atom stereocenters. The molecule has 0 aliphatic carbocycles. The van der Waals surface area contributed by atoms with E-state index in [-0.39, 0.29) is 0 Å². The van der Waals surface area contributed by atoms with Gasteiger partial charge in [-0.25, -0.2) is 0 Å². The van der Waals surface area contributed by atoms with E-state index in [4.69, 9.17) is 23.8 Å². The van der Waals surface area contributed by atoms with Crippen molar-refractivity contribution in [3.63, 3.8) is 0 Å². The van der Waals surface area contributed by atoms with Crippen molar-refractivity contribution in [2.45, 2.75) is 26.3 Å². The summed E-state index contributed by atoms with van der Waals surface area (Å²) in [4.78, 5) is 4.55. The zero-order valence-corrected chi connectivity index (χ0v) is 16.3. The second kappa shape index (κ2) is 8.07. The van der Waals surface area contributed by atoms with Gasteiger partial charge in [-0.3, -0.25) is 0 Å². The second-order valence-electron chi connectivity index (χ2n) is 6.52. The van der Waals surface area contributed by atoms with Crippen LogP contribution in [0.3, 0.4) is 0 Å². The first-order chi connectivity index (χ1) is 12.1. The molecule has 2 aromatic rings. The van der Waals surface area contributed by atoms with E-state index in [0.29, 0.717) is 5.11 Å². The van der Waals surface area contributed by atoms with Gasteiger partial charge < -0.3 is 15.1 Å². The summed E-state index contributed by atoms with van der Waals surface area (Å²) in [7, 11) is 2.02. The van der Waals surface area contributed by atoms with Crippen molar-refractivity contribution in [2.24, 2.45) is 0 Å². The third kappa shape index (κ3) is 4.25. The fourth-order valence-corrected chi connectivity index (χ4v) is 3.54. The molecular weight excluding hydrogens is 350 g/mol. The Balaban J connectivity index is 1.71. The molecular formula is C20H24ClN3S. The van der Waals surface area contributed by atoms with Crippen LogP contribution < -0.4 is 10.2 Å². The number of thiocarbonyl (C=S) groups is 1. The van der Waals surface area contributed by atoms with E-state index < -0.39 is 0 Å². The Morgan fingerprint density at radius 1 is 1.16 bits per heavy atom. The van der Waals surface area contributed by atoms with Crippen molar-refractivity contribution in [1.82, 2.24) is 4.90 Å². The van der Waals surface area contributed by atoms with Crippen LogP contribution in [-0.4, -0.2) is 30.1 Å². The minimum atomic E-state index is 0.696. The van der Waals surface area contributed by atoms with Gasteiger partial charge in [0.05, 0.1) is 0 Å². The maximum absolute atomic E-state index is 6.20. The number of halogens is 1. The van der Waals surface area contributed by atoms with Crippen LogP contribution in [0.4, 0.5) is 11.4 Å². The maximum Gasteiger partial charge on any atom is 0.173 e. The highest BCUT2D eigenvalue weighted by atomic mass is 35.5. The lowest BCUT2D eigenvalue weighted by atomic mass is 10.1. The number of para-hydroxylation sites is 1. The van der Waals surface area contributed by atoms with Crippen molar-refractivity contribution in [3.8, 4) is 0 Å². The molecule has 3 rings (SSSR count).